The summed E-state index contributed by atoms with van der Waals surface area (Å²) < 4.78 is 1.75. The van der Waals surface area contributed by atoms with Gasteiger partial charge in [-0.15, -0.1) is 0 Å². The molecule has 3 N–H and O–H groups in total. The number of anilines is 1. The van der Waals surface area contributed by atoms with E-state index in [4.69, 9.17) is 0 Å². The van der Waals surface area contributed by atoms with Crippen LogP contribution in [0.25, 0.3) is 0 Å². The Bertz CT molecular complexity index is 696. The molecule has 3 amide bonds. The predicted octanol–water partition coefficient (Wildman–Crippen LogP) is 1.72. The first-order chi connectivity index (χ1) is 11.5. The number of urea groups is 1. The van der Waals surface area contributed by atoms with Gasteiger partial charge in [0, 0.05) is 37.6 Å². The molecule has 0 saturated carbocycles. The van der Waals surface area contributed by atoms with Gasteiger partial charge in [0.15, 0.2) is 0 Å². The van der Waals surface area contributed by atoms with Crippen molar-refractivity contribution in [2.24, 2.45) is 0 Å². The van der Waals surface area contributed by atoms with E-state index >= 15 is 0 Å². The van der Waals surface area contributed by atoms with Crippen LogP contribution in [0.15, 0.2) is 30.6 Å². The molecule has 0 radical (unpaired) electrons. The highest BCUT2D eigenvalue weighted by Gasteiger charge is 2.11. The van der Waals surface area contributed by atoms with Gasteiger partial charge in [-0.25, -0.2) is 9.48 Å². The number of nitrogens with zero attached hydrogens (tertiary/aromatic N) is 3. The average Bonchev–Trinajstić information content (AvgIpc) is 2.93. The van der Waals surface area contributed by atoms with Crippen LogP contribution in [0.3, 0.4) is 0 Å². The van der Waals surface area contributed by atoms with Gasteiger partial charge in [0.2, 0.25) is 0 Å². The summed E-state index contributed by atoms with van der Waals surface area (Å²) in [5.74, 6) is 0.415. The molecular formula is C16H22N6O2. The zero-order valence-electron chi connectivity index (χ0n) is 14.0. The molecule has 0 bridgehead atoms. The van der Waals surface area contributed by atoms with Crippen LogP contribution in [0.2, 0.25) is 0 Å². The summed E-state index contributed by atoms with van der Waals surface area (Å²) >= 11 is 0. The van der Waals surface area contributed by atoms with Crippen LogP contribution in [0.5, 0.6) is 0 Å². The lowest BCUT2D eigenvalue weighted by atomic mass is 10.3. The maximum Gasteiger partial charge on any atom is 0.320 e. The maximum atomic E-state index is 11.9. The largest absolute Gasteiger partial charge is 0.350 e. The Labute approximate surface area is 140 Å². The van der Waals surface area contributed by atoms with E-state index in [1.54, 1.807) is 23.0 Å². The molecule has 0 spiro atoms. The van der Waals surface area contributed by atoms with Crippen molar-refractivity contribution in [3.05, 3.63) is 41.9 Å². The number of hydrogen-bond acceptors (Lipinski definition) is 4. The lowest BCUT2D eigenvalue weighted by Gasteiger charge is -2.12. The van der Waals surface area contributed by atoms with E-state index in [2.05, 4.69) is 26.0 Å². The second-order valence-corrected chi connectivity index (χ2v) is 5.59. The predicted molar refractivity (Wildman–Crippen MR) is 90.9 cm³/mol. The normalized spacial score (nSPS) is 10.5. The highest BCUT2D eigenvalue weighted by molar-refractivity contribution is 5.93. The highest BCUT2D eigenvalue weighted by atomic mass is 16.2. The SMILES string of the molecule is Cc1cc(NC(=O)NCCNC(=O)c2cccnc2)n(C(C)C)n1. The number of pyridine rings is 1. The summed E-state index contributed by atoms with van der Waals surface area (Å²) in [6.07, 6.45) is 3.09. The Morgan fingerprint density at radius 3 is 2.67 bits per heavy atom. The molecule has 0 aliphatic rings. The fourth-order valence-electron chi connectivity index (χ4n) is 2.12. The molecule has 128 valence electrons. The third-order valence-corrected chi connectivity index (χ3v) is 3.21. The Morgan fingerprint density at radius 2 is 2.00 bits per heavy atom. The number of aromatic nitrogens is 3. The van der Waals surface area contributed by atoms with Crippen molar-refractivity contribution in [2.45, 2.75) is 26.8 Å². The van der Waals surface area contributed by atoms with Crippen LogP contribution in [0.1, 0.15) is 35.9 Å². The number of amides is 3. The van der Waals surface area contributed by atoms with Crippen LogP contribution < -0.4 is 16.0 Å². The second kappa shape index (κ2) is 8.09. The van der Waals surface area contributed by atoms with Crippen molar-refractivity contribution in [3.63, 3.8) is 0 Å². The molecular weight excluding hydrogens is 308 g/mol. The lowest BCUT2D eigenvalue weighted by Crippen LogP contribution is -2.37. The number of nitrogens with one attached hydrogen (secondary N) is 3. The standard InChI is InChI=1S/C16H22N6O2/c1-11(2)22-14(9-12(3)21-22)20-16(24)19-8-7-18-15(23)13-5-4-6-17-10-13/h4-6,9-11H,7-8H2,1-3H3,(H,18,23)(H2,19,20,24). The van der Waals surface area contributed by atoms with Crippen molar-refractivity contribution < 1.29 is 9.59 Å². The summed E-state index contributed by atoms with van der Waals surface area (Å²) in [6.45, 7) is 6.49. The van der Waals surface area contributed by atoms with E-state index in [1.165, 1.54) is 6.20 Å². The van der Waals surface area contributed by atoms with E-state index in [1.807, 2.05) is 26.8 Å². The van der Waals surface area contributed by atoms with Crippen molar-refractivity contribution in [2.75, 3.05) is 18.4 Å². The van der Waals surface area contributed by atoms with E-state index in [-0.39, 0.29) is 18.0 Å². The minimum absolute atomic E-state index is 0.146. The van der Waals surface area contributed by atoms with Crippen molar-refractivity contribution in [1.82, 2.24) is 25.4 Å². The molecule has 2 rings (SSSR count). The van der Waals surface area contributed by atoms with Gasteiger partial charge in [0.1, 0.15) is 5.82 Å². The third-order valence-electron chi connectivity index (χ3n) is 3.21. The monoisotopic (exact) mass is 330 g/mol. The third kappa shape index (κ3) is 4.80. The van der Waals surface area contributed by atoms with Crippen molar-refractivity contribution >= 4 is 17.8 Å². The number of hydrogen-bond donors (Lipinski definition) is 3. The zero-order chi connectivity index (χ0) is 17.5. The number of carbonyl (C=O) groups excluding carboxylic acids is 2. The Balaban J connectivity index is 1.75. The van der Waals surface area contributed by atoms with Gasteiger partial charge in [-0.05, 0) is 32.9 Å². The van der Waals surface area contributed by atoms with E-state index in [0.717, 1.165) is 5.69 Å². The highest BCUT2D eigenvalue weighted by Crippen LogP contribution is 2.15. The lowest BCUT2D eigenvalue weighted by molar-refractivity contribution is 0.0953. The number of rotatable bonds is 6. The quantitative estimate of drug-likeness (QED) is 0.702. The average molecular weight is 330 g/mol. The molecule has 2 aromatic rings. The Morgan fingerprint density at radius 1 is 1.25 bits per heavy atom. The number of aryl methyl sites for hydroxylation is 1. The summed E-state index contributed by atoms with van der Waals surface area (Å²) in [4.78, 5) is 27.6. The fraction of sp³-hybridized carbons (Fsp3) is 0.375. The maximum absolute atomic E-state index is 11.9. The smallest absolute Gasteiger partial charge is 0.320 e. The molecule has 0 aromatic carbocycles. The first-order valence-electron chi connectivity index (χ1n) is 7.76. The topological polar surface area (TPSA) is 101 Å². The molecule has 0 unspecified atom stereocenters. The summed E-state index contributed by atoms with van der Waals surface area (Å²) in [6, 6.07) is 4.99. The second-order valence-electron chi connectivity index (χ2n) is 5.59. The molecule has 8 nitrogen and oxygen atoms in total. The molecule has 0 aliphatic heterocycles. The summed E-state index contributed by atoms with van der Waals surface area (Å²) in [5.41, 5.74) is 1.32. The number of carbonyl (C=O) groups is 2. The van der Waals surface area contributed by atoms with Crippen LogP contribution >= 0.6 is 0 Å². The van der Waals surface area contributed by atoms with Gasteiger partial charge in [0.05, 0.1) is 11.3 Å². The van der Waals surface area contributed by atoms with Gasteiger partial charge < -0.3 is 10.6 Å². The molecule has 0 saturated heterocycles. The van der Waals surface area contributed by atoms with E-state index in [9.17, 15) is 9.59 Å². The van der Waals surface area contributed by atoms with E-state index < -0.39 is 0 Å². The van der Waals surface area contributed by atoms with Gasteiger partial charge in [-0.3, -0.25) is 15.1 Å². The first kappa shape index (κ1) is 17.5. The van der Waals surface area contributed by atoms with Gasteiger partial charge in [-0.1, -0.05) is 0 Å². The molecule has 0 fully saturated rings. The first-order valence-corrected chi connectivity index (χ1v) is 7.76. The minimum atomic E-state index is -0.340. The Hall–Kier alpha value is -2.90. The Kier molecular flexibility index (Phi) is 5.89. The van der Waals surface area contributed by atoms with Gasteiger partial charge >= 0.3 is 6.03 Å². The molecule has 0 aliphatic carbocycles. The van der Waals surface area contributed by atoms with Crippen molar-refractivity contribution in [3.8, 4) is 0 Å². The van der Waals surface area contributed by atoms with Crippen LogP contribution in [0, 0.1) is 6.92 Å². The van der Waals surface area contributed by atoms with Crippen LogP contribution in [-0.2, 0) is 0 Å². The molecule has 2 aromatic heterocycles. The van der Waals surface area contributed by atoms with E-state index in [0.29, 0.717) is 24.5 Å². The summed E-state index contributed by atoms with van der Waals surface area (Å²) in [7, 11) is 0. The van der Waals surface area contributed by atoms with Crippen LogP contribution in [0.4, 0.5) is 10.6 Å². The van der Waals surface area contributed by atoms with Crippen LogP contribution in [-0.4, -0.2) is 39.8 Å². The van der Waals surface area contributed by atoms with Gasteiger partial charge in [-0.2, -0.15) is 5.10 Å². The fourth-order valence-corrected chi connectivity index (χ4v) is 2.12. The summed E-state index contributed by atoms with van der Waals surface area (Å²) in [5, 5.41) is 12.5. The van der Waals surface area contributed by atoms with Crippen molar-refractivity contribution in [1.29, 1.82) is 0 Å². The van der Waals surface area contributed by atoms with Gasteiger partial charge in [0.25, 0.3) is 5.91 Å². The molecule has 2 heterocycles. The zero-order valence-corrected chi connectivity index (χ0v) is 14.0. The molecule has 0 atom stereocenters. The molecule has 8 heteroatoms. The minimum Gasteiger partial charge on any atom is -0.350 e. The molecule has 24 heavy (non-hydrogen) atoms.